The van der Waals surface area contributed by atoms with E-state index in [1.807, 2.05) is 5.38 Å². The fraction of sp³-hybridized carbons (Fsp3) is 0.750. The van der Waals surface area contributed by atoms with E-state index < -0.39 is 0 Å². The van der Waals surface area contributed by atoms with Gasteiger partial charge in [0, 0.05) is 24.0 Å². The number of thiazole rings is 1. The molecule has 0 aromatic carbocycles. The lowest BCUT2D eigenvalue weighted by molar-refractivity contribution is 0.393. The zero-order chi connectivity index (χ0) is 12.3. The number of nitrogens with one attached hydrogen (secondary N) is 1. The molecule has 0 aliphatic carbocycles. The maximum absolute atomic E-state index is 5.91. The molecular formula is C12H20ClN3S. The Morgan fingerprint density at radius 3 is 2.94 bits per heavy atom. The molecule has 1 saturated heterocycles. The highest BCUT2D eigenvalue weighted by atomic mass is 35.5. The van der Waals surface area contributed by atoms with Crippen molar-refractivity contribution in [2.75, 3.05) is 18.0 Å². The molecule has 1 fully saturated rings. The summed E-state index contributed by atoms with van der Waals surface area (Å²) in [7, 11) is 0. The highest BCUT2D eigenvalue weighted by Crippen LogP contribution is 2.25. The van der Waals surface area contributed by atoms with E-state index in [1.54, 1.807) is 11.3 Å². The minimum Gasteiger partial charge on any atom is -0.344 e. The number of aromatic nitrogens is 1. The average molecular weight is 274 g/mol. The quantitative estimate of drug-likeness (QED) is 0.913. The molecule has 1 aliphatic heterocycles. The van der Waals surface area contributed by atoms with Crippen molar-refractivity contribution in [1.82, 2.24) is 10.3 Å². The third kappa shape index (κ3) is 3.57. The van der Waals surface area contributed by atoms with Gasteiger partial charge in [-0.2, -0.15) is 0 Å². The Labute approximate surface area is 112 Å². The summed E-state index contributed by atoms with van der Waals surface area (Å²) < 4.78 is 0. The monoisotopic (exact) mass is 273 g/mol. The fourth-order valence-electron chi connectivity index (χ4n) is 2.20. The van der Waals surface area contributed by atoms with Crippen molar-refractivity contribution < 1.29 is 0 Å². The maximum atomic E-state index is 5.91. The van der Waals surface area contributed by atoms with Gasteiger partial charge >= 0.3 is 0 Å². The molecule has 0 bridgehead atoms. The Kier molecular flexibility index (Phi) is 4.65. The number of hydrogen-bond donors (Lipinski definition) is 1. The van der Waals surface area contributed by atoms with Crippen LogP contribution in [0.15, 0.2) is 5.38 Å². The first-order valence-corrected chi connectivity index (χ1v) is 7.53. The summed E-state index contributed by atoms with van der Waals surface area (Å²) in [6, 6.07) is 1.05. The van der Waals surface area contributed by atoms with Crippen molar-refractivity contribution in [3.05, 3.63) is 10.5 Å². The Morgan fingerprint density at radius 2 is 2.41 bits per heavy atom. The second-order valence-electron chi connectivity index (χ2n) is 4.85. The van der Waals surface area contributed by atoms with E-state index in [0.717, 1.165) is 18.2 Å². The summed E-state index contributed by atoms with van der Waals surface area (Å²) >= 11 is 7.54. The van der Waals surface area contributed by atoms with Crippen molar-refractivity contribution in [2.24, 2.45) is 0 Å². The van der Waals surface area contributed by atoms with Crippen LogP contribution in [0.3, 0.4) is 0 Å². The summed E-state index contributed by atoms with van der Waals surface area (Å²) in [6.45, 7) is 6.59. The molecular weight excluding hydrogens is 254 g/mol. The molecule has 1 aromatic heterocycles. The lowest BCUT2D eigenvalue weighted by Gasteiger charge is -2.32. The van der Waals surface area contributed by atoms with Crippen molar-refractivity contribution >= 4 is 28.1 Å². The van der Waals surface area contributed by atoms with E-state index in [4.69, 9.17) is 11.6 Å². The normalized spacial score (nSPS) is 20.8. The predicted octanol–water partition coefficient (Wildman–Crippen LogP) is 3.15. The molecule has 5 heteroatoms. The minimum absolute atomic E-state index is 0.459. The number of nitrogens with zero attached hydrogens (tertiary/aromatic N) is 2. The Bertz CT molecular complexity index is 347. The summed E-state index contributed by atoms with van der Waals surface area (Å²) in [5.74, 6) is 0. The number of rotatable bonds is 4. The van der Waals surface area contributed by atoms with Gasteiger partial charge in [-0.25, -0.2) is 4.98 Å². The molecule has 1 aliphatic rings. The molecule has 1 unspecified atom stereocenters. The largest absolute Gasteiger partial charge is 0.344 e. The standard InChI is InChI=1S/C12H20ClN3S/c1-9(2)16(12-15-11(13)8-17-12)7-10-5-3-4-6-14-10/h8-10,14H,3-7H2,1-2H3. The van der Waals surface area contributed by atoms with Crippen molar-refractivity contribution in [1.29, 1.82) is 0 Å². The van der Waals surface area contributed by atoms with E-state index in [1.165, 1.54) is 19.3 Å². The number of piperidine rings is 1. The van der Waals surface area contributed by atoms with Crippen LogP contribution in [0.1, 0.15) is 33.1 Å². The zero-order valence-corrected chi connectivity index (χ0v) is 12.0. The summed E-state index contributed by atoms with van der Waals surface area (Å²) in [4.78, 5) is 6.73. The smallest absolute Gasteiger partial charge is 0.187 e. The first-order valence-electron chi connectivity index (χ1n) is 6.28. The van der Waals surface area contributed by atoms with Crippen LogP contribution >= 0.6 is 22.9 Å². The molecule has 1 atom stereocenters. The van der Waals surface area contributed by atoms with Crippen molar-refractivity contribution in [2.45, 2.75) is 45.2 Å². The predicted molar refractivity (Wildman–Crippen MR) is 75.2 cm³/mol. The lowest BCUT2D eigenvalue weighted by Crippen LogP contribution is -2.46. The van der Waals surface area contributed by atoms with Gasteiger partial charge in [-0.15, -0.1) is 11.3 Å². The van der Waals surface area contributed by atoms with E-state index >= 15 is 0 Å². The van der Waals surface area contributed by atoms with Crippen LogP contribution in [-0.4, -0.2) is 30.2 Å². The first-order chi connectivity index (χ1) is 8.16. The summed E-state index contributed by atoms with van der Waals surface area (Å²) in [5, 5.41) is 7.13. The van der Waals surface area contributed by atoms with Gasteiger partial charge in [0.15, 0.2) is 5.13 Å². The second kappa shape index (κ2) is 6.03. The van der Waals surface area contributed by atoms with Gasteiger partial charge in [0.25, 0.3) is 0 Å². The molecule has 2 rings (SSSR count). The van der Waals surface area contributed by atoms with Gasteiger partial charge < -0.3 is 10.2 Å². The Morgan fingerprint density at radius 1 is 1.59 bits per heavy atom. The van der Waals surface area contributed by atoms with Crippen LogP contribution in [-0.2, 0) is 0 Å². The fourth-order valence-corrected chi connectivity index (χ4v) is 3.30. The minimum atomic E-state index is 0.459. The molecule has 0 saturated carbocycles. The molecule has 0 spiro atoms. The zero-order valence-electron chi connectivity index (χ0n) is 10.4. The van der Waals surface area contributed by atoms with E-state index in [9.17, 15) is 0 Å². The Hall–Kier alpha value is -0.320. The van der Waals surface area contributed by atoms with Gasteiger partial charge in [-0.1, -0.05) is 18.0 Å². The van der Waals surface area contributed by atoms with Crippen molar-refractivity contribution in [3.8, 4) is 0 Å². The number of hydrogen-bond acceptors (Lipinski definition) is 4. The van der Waals surface area contributed by atoms with E-state index in [2.05, 4.69) is 29.0 Å². The molecule has 96 valence electrons. The van der Waals surface area contributed by atoms with Crippen LogP contribution in [0.2, 0.25) is 5.15 Å². The van der Waals surface area contributed by atoms with Crippen LogP contribution in [0.5, 0.6) is 0 Å². The maximum Gasteiger partial charge on any atom is 0.187 e. The second-order valence-corrected chi connectivity index (χ2v) is 6.07. The van der Waals surface area contributed by atoms with Gasteiger partial charge in [-0.05, 0) is 33.2 Å². The molecule has 1 aromatic rings. The Balaban J connectivity index is 2.01. The van der Waals surface area contributed by atoms with Crippen LogP contribution < -0.4 is 10.2 Å². The van der Waals surface area contributed by atoms with Gasteiger partial charge in [-0.3, -0.25) is 0 Å². The highest BCUT2D eigenvalue weighted by molar-refractivity contribution is 7.14. The average Bonchev–Trinajstić information content (AvgIpc) is 2.73. The first kappa shape index (κ1) is 13.1. The molecule has 17 heavy (non-hydrogen) atoms. The van der Waals surface area contributed by atoms with Gasteiger partial charge in [0.05, 0.1) is 0 Å². The third-order valence-electron chi connectivity index (χ3n) is 3.16. The molecule has 0 radical (unpaired) electrons. The molecule has 1 N–H and O–H groups in total. The van der Waals surface area contributed by atoms with Crippen LogP contribution in [0.25, 0.3) is 0 Å². The highest BCUT2D eigenvalue weighted by Gasteiger charge is 2.20. The number of halogens is 1. The SMILES string of the molecule is CC(C)N(CC1CCCCN1)c1nc(Cl)cs1. The van der Waals surface area contributed by atoms with Crippen LogP contribution in [0, 0.1) is 0 Å². The molecule has 0 amide bonds. The number of anilines is 1. The molecule has 3 nitrogen and oxygen atoms in total. The molecule has 2 heterocycles. The van der Waals surface area contributed by atoms with E-state index in [0.29, 0.717) is 17.2 Å². The van der Waals surface area contributed by atoms with Crippen molar-refractivity contribution in [3.63, 3.8) is 0 Å². The third-order valence-corrected chi connectivity index (χ3v) is 4.36. The summed E-state index contributed by atoms with van der Waals surface area (Å²) in [6.07, 6.45) is 3.91. The summed E-state index contributed by atoms with van der Waals surface area (Å²) in [5.41, 5.74) is 0. The topological polar surface area (TPSA) is 28.2 Å². The van der Waals surface area contributed by atoms with E-state index in [-0.39, 0.29) is 0 Å². The van der Waals surface area contributed by atoms with Gasteiger partial charge in [0.2, 0.25) is 0 Å². The lowest BCUT2D eigenvalue weighted by atomic mass is 10.0. The van der Waals surface area contributed by atoms with Gasteiger partial charge in [0.1, 0.15) is 5.15 Å². The van der Waals surface area contributed by atoms with Crippen LogP contribution in [0.4, 0.5) is 5.13 Å².